The van der Waals surface area contributed by atoms with Crippen LogP contribution in [0.15, 0.2) is 96.0 Å². The molecule has 1 N–H and O–H groups in total. The molecule has 3 aromatic carbocycles. The highest BCUT2D eigenvalue weighted by Gasteiger charge is 2.18. The Morgan fingerprint density at radius 2 is 1.44 bits per heavy atom. The van der Waals surface area contributed by atoms with Gasteiger partial charge in [0.25, 0.3) is 0 Å². The number of rotatable bonds is 3. The molecule has 1 aliphatic heterocycles. The van der Waals surface area contributed by atoms with Gasteiger partial charge in [0, 0.05) is 12.1 Å². The first kappa shape index (κ1) is 15.4. The van der Waals surface area contributed by atoms with Gasteiger partial charge in [-0.05, 0) is 29.3 Å². The fraction of sp³-hybridized carbons (Fsp3) is 0.0870. The van der Waals surface area contributed by atoms with E-state index >= 15 is 0 Å². The third-order valence-corrected chi connectivity index (χ3v) is 4.38. The minimum atomic E-state index is 0.212. The number of anilines is 1. The minimum absolute atomic E-state index is 0.212. The molecule has 0 saturated heterocycles. The Kier molecular flexibility index (Phi) is 4.42. The van der Waals surface area contributed by atoms with Crippen LogP contribution in [-0.2, 0) is 0 Å². The Balaban J connectivity index is 1.69. The van der Waals surface area contributed by atoms with Gasteiger partial charge in [-0.15, -0.1) is 0 Å². The van der Waals surface area contributed by atoms with Crippen LogP contribution in [0.2, 0.25) is 0 Å². The predicted octanol–water partition coefficient (Wildman–Crippen LogP) is 6.03. The van der Waals surface area contributed by atoms with Gasteiger partial charge in [-0.2, -0.15) is 0 Å². The lowest BCUT2D eigenvalue weighted by Gasteiger charge is -2.18. The number of para-hydroxylation sites is 2. The van der Waals surface area contributed by atoms with Crippen molar-refractivity contribution in [2.75, 3.05) is 5.32 Å². The van der Waals surface area contributed by atoms with Crippen molar-refractivity contribution >= 4 is 23.2 Å². The smallest absolute Gasteiger partial charge is 0.0864 e. The third-order valence-electron chi connectivity index (χ3n) is 4.38. The van der Waals surface area contributed by atoms with Crippen LogP contribution in [0.5, 0.6) is 0 Å². The van der Waals surface area contributed by atoms with Crippen molar-refractivity contribution in [1.82, 2.24) is 0 Å². The zero-order valence-electron chi connectivity index (χ0n) is 14.0. The molecule has 1 heterocycles. The molecule has 2 heteroatoms. The predicted molar refractivity (Wildman–Crippen MR) is 106 cm³/mol. The number of hydrogen-bond acceptors (Lipinski definition) is 2. The highest BCUT2D eigenvalue weighted by Crippen LogP contribution is 2.34. The molecule has 1 unspecified atom stereocenters. The molecule has 0 spiro atoms. The van der Waals surface area contributed by atoms with Crippen LogP contribution >= 0.6 is 0 Å². The van der Waals surface area contributed by atoms with Crippen molar-refractivity contribution in [3.05, 3.63) is 102 Å². The van der Waals surface area contributed by atoms with Gasteiger partial charge in [-0.3, -0.25) is 4.99 Å². The van der Waals surface area contributed by atoms with Gasteiger partial charge in [0.2, 0.25) is 0 Å². The van der Waals surface area contributed by atoms with Gasteiger partial charge in [0.1, 0.15) is 0 Å². The first-order valence-electron chi connectivity index (χ1n) is 8.60. The lowest BCUT2D eigenvalue weighted by atomic mass is 10.0. The van der Waals surface area contributed by atoms with Crippen molar-refractivity contribution in [2.45, 2.75) is 12.5 Å². The molecule has 0 fully saturated rings. The fourth-order valence-corrected chi connectivity index (χ4v) is 3.09. The Hall–Kier alpha value is -3.13. The SMILES string of the molecule is C(=C\c1ccccc1)/C1=Nc2ccccc2NC(c2ccccc2)C1. The van der Waals surface area contributed by atoms with Crippen LogP contribution in [0.1, 0.15) is 23.6 Å². The van der Waals surface area contributed by atoms with Crippen LogP contribution < -0.4 is 5.32 Å². The van der Waals surface area contributed by atoms with Crippen molar-refractivity contribution in [2.24, 2.45) is 4.99 Å². The second-order valence-corrected chi connectivity index (χ2v) is 6.18. The quantitative estimate of drug-likeness (QED) is 0.625. The summed E-state index contributed by atoms with van der Waals surface area (Å²) in [6.45, 7) is 0. The summed E-state index contributed by atoms with van der Waals surface area (Å²) in [5.74, 6) is 0. The van der Waals surface area contributed by atoms with Crippen LogP contribution in [0.4, 0.5) is 11.4 Å². The van der Waals surface area contributed by atoms with Gasteiger partial charge in [-0.1, -0.05) is 78.9 Å². The van der Waals surface area contributed by atoms with E-state index < -0.39 is 0 Å². The van der Waals surface area contributed by atoms with Crippen molar-refractivity contribution in [3.8, 4) is 0 Å². The molecule has 0 bridgehead atoms. The van der Waals surface area contributed by atoms with Crippen LogP contribution in [-0.4, -0.2) is 5.71 Å². The largest absolute Gasteiger partial charge is 0.376 e. The molecule has 0 aromatic heterocycles. The maximum absolute atomic E-state index is 4.90. The minimum Gasteiger partial charge on any atom is -0.376 e. The molecule has 1 atom stereocenters. The van der Waals surface area contributed by atoms with E-state index in [1.807, 2.05) is 18.2 Å². The van der Waals surface area contributed by atoms with Gasteiger partial charge in [0.15, 0.2) is 0 Å². The van der Waals surface area contributed by atoms with Gasteiger partial charge >= 0.3 is 0 Å². The average molecular weight is 324 g/mol. The lowest BCUT2D eigenvalue weighted by molar-refractivity contribution is 0.830. The number of aliphatic imine (C=N–C) groups is 1. The molecule has 0 aliphatic carbocycles. The molecular weight excluding hydrogens is 304 g/mol. The summed E-state index contributed by atoms with van der Waals surface area (Å²) in [5.41, 5.74) is 5.62. The number of hydrogen-bond donors (Lipinski definition) is 1. The average Bonchev–Trinajstić information content (AvgIpc) is 2.87. The molecule has 0 amide bonds. The van der Waals surface area contributed by atoms with Gasteiger partial charge in [-0.25, -0.2) is 0 Å². The topological polar surface area (TPSA) is 24.4 Å². The second kappa shape index (κ2) is 7.18. The van der Waals surface area contributed by atoms with Crippen LogP contribution in [0.25, 0.3) is 6.08 Å². The van der Waals surface area contributed by atoms with E-state index in [0.717, 1.165) is 23.5 Å². The van der Waals surface area contributed by atoms with E-state index in [4.69, 9.17) is 4.99 Å². The molecule has 2 nitrogen and oxygen atoms in total. The fourth-order valence-electron chi connectivity index (χ4n) is 3.09. The molecule has 0 saturated carbocycles. The number of nitrogens with zero attached hydrogens (tertiary/aromatic N) is 1. The highest BCUT2D eigenvalue weighted by atomic mass is 15.0. The lowest BCUT2D eigenvalue weighted by Crippen LogP contribution is -2.12. The zero-order chi connectivity index (χ0) is 16.9. The van der Waals surface area contributed by atoms with Crippen LogP contribution in [0, 0.1) is 0 Å². The van der Waals surface area contributed by atoms with E-state index in [0.29, 0.717) is 0 Å². The Labute approximate surface area is 148 Å². The molecule has 1 aliphatic rings. The summed E-state index contributed by atoms with van der Waals surface area (Å²) in [4.78, 5) is 4.90. The summed E-state index contributed by atoms with van der Waals surface area (Å²) in [6.07, 6.45) is 5.12. The zero-order valence-corrected chi connectivity index (χ0v) is 14.0. The maximum Gasteiger partial charge on any atom is 0.0864 e. The highest BCUT2D eigenvalue weighted by molar-refractivity contribution is 6.02. The first-order chi connectivity index (χ1) is 12.4. The van der Waals surface area contributed by atoms with Crippen molar-refractivity contribution in [3.63, 3.8) is 0 Å². The molecule has 122 valence electrons. The summed E-state index contributed by atoms with van der Waals surface area (Å²) in [5, 5.41) is 3.66. The van der Waals surface area contributed by atoms with Gasteiger partial charge < -0.3 is 5.32 Å². The molecule has 4 rings (SSSR count). The van der Waals surface area contributed by atoms with E-state index in [9.17, 15) is 0 Å². The van der Waals surface area contributed by atoms with E-state index in [-0.39, 0.29) is 6.04 Å². The number of fused-ring (bicyclic) bond motifs is 1. The second-order valence-electron chi connectivity index (χ2n) is 6.18. The van der Waals surface area contributed by atoms with Crippen LogP contribution in [0.3, 0.4) is 0 Å². The number of nitrogens with one attached hydrogen (secondary N) is 1. The van der Waals surface area contributed by atoms with Crippen molar-refractivity contribution < 1.29 is 0 Å². The Bertz CT molecular complexity index is 896. The van der Waals surface area contributed by atoms with E-state index in [2.05, 4.69) is 84.2 Å². The standard InChI is InChI=1S/C23H20N2/c1-3-9-18(10-4-1)15-16-20-17-23(19-11-5-2-6-12-19)25-22-14-8-7-13-21(22)24-20/h1-16,23,25H,17H2/b16-15+. The maximum atomic E-state index is 4.90. The molecule has 0 radical (unpaired) electrons. The third kappa shape index (κ3) is 3.69. The molecular formula is C23H20N2. The first-order valence-corrected chi connectivity index (χ1v) is 8.60. The Morgan fingerprint density at radius 3 is 2.24 bits per heavy atom. The molecule has 25 heavy (non-hydrogen) atoms. The number of benzene rings is 3. The van der Waals surface area contributed by atoms with E-state index in [1.165, 1.54) is 11.1 Å². The summed E-state index contributed by atoms with van der Waals surface area (Å²) < 4.78 is 0. The summed E-state index contributed by atoms with van der Waals surface area (Å²) >= 11 is 0. The van der Waals surface area contributed by atoms with E-state index in [1.54, 1.807) is 0 Å². The van der Waals surface area contributed by atoms with Crippen molar-refractivity contribution in [1.29, 1.82) is 0 Å². The monoisotopic (exact) mass is 324 g/mol. The Morgan fingerprint density at radius 1 is 0.760 bits per heavy atom. The summed E-state index contributed by atoms with van der Waals surface area (Å²) in [6, 6.07) is 29.4. The normalized spacial score (nSPS) is 16.6. The number of allylic oxidation sites excluding steroid dienone is 1. The van der Waals surface area contributed by atoms with Gasteiger partial charge in [0.05, 0.1) is 17.4 Å². The summed E-state index contributed by atoms with van der Waals surface area (Å²) in [7, 11) is 0. The molecule has 3 aromatic rings.